The highest BCUT2D eigenvalue weighted by Gasteiger charge is 2.29. The number of fused-ring (bicyclic) bond motifs is 1. The monoisotopic (exact) mass is 666 g/mol. The highest BCUT2D eigenvalue weighted by molar-refractivity contribution is 7.93. The summed E-state index contributed by atoms with van der Waals surface area (Å²) in [4.78, 5) is 31.5. The molecular formula is C32H42N8O6S. The third kappa shape index (κ3) is 8.39. The van der Waals surface area contributed by atoms with Crippen LogP contribution in [0.2, 0.25) is 0 Å². The van der Waals surface area contributed by atoms with Crippen LogP contribution in [0.1, 0.15) is 63.3 Å². The molecule has 0 atom stereocenters. The average Bonchev–Trinajstić information content (AvgIpc) is 3.36. The lowest BCUT2D eigenvalue weighted by Gasteiger charge is -2.33. The lowest BCUT2D eigenvalue weighted by molar-refractivity contribution is -0.134. The number of rotatable bonds is 12. The largest absolute Gasteiger partial charge is 0.490 e. The number of likely N-dealkylation sites (tertiary alicyclic amines) is 1. The molecule has 47 heavy (non-hydrogen) atoms. The lowest BCUT2D eigenvalue weighted by atomic mass is 9.95. The van der Waals surface area contributed by atoms with Crippen molar-refractivity contribution in [1.29, 1.82) is 10.8 Å². The summed E-state index contributed by atoms with van der Waals surface area (Å²) in [6.07, 6.45) is 6.45. The van der Waals surface area contributed by atoms with Gasteiger partial charge in [-0.05, 0) is 62.2 Å². The summed E-state index contributed by atoms with van der Waals surface area (Å²) in [6, 6.07) is 11.4. The van der Waals surface area contributed by atoms with E-state index in [1.165, 1.54) is 0 Å². The minimum absolute atomic E-state index is 0.0529. The molecule has 1 saturated carbocycles. The number of hydrogen-bond donors (Lipinski definition) is 5. The Morgan fingerprint density at radius 3 is 2.36 bits per heavy atom. The summed E-state index contributed by atoms with van der Waals surface area (Å²) in [7, 11) is -4.39. The van der Waals surface area contributed by atoms with Gasteiger partial charge in [-0.25, -0.2) is 13.4 Å². The third-order valence-corrected chi connectivity index (χ3v) is 10.3. The topological polar surface area (TPSA) is 208 Å². The van der Waals surface area contributed by atoms with E-state index in [0.717, 1.165) is 49.3 Å². The number of amides is 1. The number of carbonyl (C=O) groups is 2. The molecule has 1 aliphatic heterocycles. The van der Waals surface area contributed by atoms with Gasteiger partial charge in [0.15, 0.2) is 5.75 Å². The van der Waals surface area contributed by atoms with Crippen LogP contribution in [0.3, 0.4) is 0 Å². The van der Waals surface area contributed by atoms with Crippen molar-refractivity contribution < 1.29 is 27.9 Å². The van der Waals surface area contributed by atoms with Crippen molar-refractivity contribution in [3.05, 3.63) is 53.9 Å². The standard InChI is InChI=1S/C32H42N8O6S/c1-21(33)38-15-13-26(14-16-38)46-25-10-8-24(9-11-25)40(47(44,45)20-31(42)43)18-29-37-27-17-22(32(34)35)7-12-28(27)39(29)19-30(41)36-23-5-3-2-4-6-23/h7-12,17,23,26,33H,2-6,13-16,18-20H2,1H3,(H3,34,35)(H,36,41)(H,42,43). The maximum Gasteiger partial charge on any atom is 0.320 e. The number of carboxylic acids is 1. The van der Waals surface area contributed by atoms with Crippen LogP contribution >= 0.6 is 0 Å². The number of carboxylic acid groups (broad SMARTS) is 1. The van der Waals surface area contributed by atoms with E-state index < -0.39 is 21.7 Å². The number of imidazole rings is 1. The molecule has 14 nitrogen and oxygen atoms in total. The second-order valence-corrected chi connectivity index (χ2v) is 14.1. The van der Waals surface area contributed by atoms with Crippen molar-refractivity contribution in [2.45, 2.75) is 77.1 Å². The summed E-state index contributed by atoms with van der Waals surface area (Å²) in [5.41, 5.74) is 7.30. The van der Waals surface area contributed by atoms with Crippen molar-refractivity contribution in [3.8, 4) is 5.75 Å². The Hall–Kier alpha value is -4.66. The molecule has 2 aliphatic rings. The highest BCUT2D eigenvalue weighted by atomic mass is 32.2. The average molecular weight is 667 g/mol. The van der Waals surface area contributed by atoms with Gasteiger partial charge in [-0.2, -0.15) is 0 Å². The minimum Gasteiger partial charge on any atom is -0.490 e. The van der Waals surface area contributed by atoms with Crippen LogP contribution < -0.4 is 20.1 Å². The fourth-order valence-corrected chi connectivity index (χ4v) is 7.44. The molecule has 15 heteroatoms. The molecule has 1 aromatic heterocycles. The Morgan fingerprint density at radius 2 is 1.74 bits per heavy atom. The molecule has 0 unspecified atom stereocenters. The van der Waals surface area contributed by atoms with Crippen LogP contribution in [0.25, 0.3) is 11.0 Å². The number of nitrogen functional groups attached to an aromatic ring is 1. The number of aliphatic carboxylic acids is 1. The number of nitrogens with zero attached hydrogens (tertiary/aromatic N) is 4. The Morgan fingerprint density at radius 1 is 1.06 bits per heavy atom. The molecular weight excluding hydrogens is 624 g/mol. The van der Waals surface area contributed by atoms with Crippen molar-refractivity contribution >= 4 is 50.3 Å². The van der Waals surface area contributed by atoms with Gasteiger partial charge >= 0.3 is 5.97 Å². The molecule has 1 amide bonds. The molecule has 2 heterocycles. The fourth-order valence-electron chi connectivity index (χ4n) is 6.21. The number of nitrogens with two attached hydrogens (primary N) is 1. The predicted molar refractivity (Wildman–Crippen MR) is 178 cm³/mol. The molecule has 0 bridgehead atoms. The first-order chi connectivity index (χ1) is 22.4. The number of nitrogens with one attached hydrogen (secondary N) is 3. The van der Waals surface area contributed by atoms with Gasteiger partial charge in [-0.3, -0.25) is 24.7 Å². The van der Waals surface area contributed by atoms with Crippen LogP contribution in [0.5, 0.6) is 5.75 Å². The maximum atomic E-state index is 13.5. The smallest absolute Gasteiger partial charge is 0.320 e. The van der Waals surface area contributed by atoms with Crippen molar-refractivity contribution in [1.82, 2.24) is 19.8 Å². The minimum atomic E-state index is -4.39. The van der Waals surface area contributed by atoms with E-state index in [4.69, 9.17) is 21.3 Å². The van der Waals surface area contributed by atoms with E-state index >= 15 is 0 Å². The first kappa shape index (κ1) is 33.7. The van der Waals surface area contributed by atoms with Crippen LogP contribution in [0, 0.1) is 10.8 Å². The Kier molecular flexibility index (Phi) is 10.3. The number of amidine groups is 2. The Balaban J connectivity index is 1.44. The molecule has 0 spiro atoms. The van der Waals surface area contributed by atoms with Gasteiger partial charge in [-0.1, -0.05) is 19.3 Å². The van der Waals surface area contributed by atoms with Gasteiger partial charge in [0.05, 0.1) is 29.1 Å². The number of ether oxygens (including phenoxy) is 1. The zero-order valence-electron chi connectivity index (χ0n) is 26.4. The summed E-state index contributed by atoms with van der Waals surface area (Å²) in [5, 5.41) is 28.2. The molecule has 2 fully saturated rings. The number of sulfonamides is 1. The van der Waals surface area contributed by atoms with Gasteiger partial charge in [0.25, 0.3) is 0 Å². The second kappa shape index (κ2) is 14.4. The van der Waals surface area contributed by atoms with Crippen LogP contribution in [0.15, 0.2) is 42.5 Å². The van der Waals surface area contributed by atoms with E-state index in [9.17, 15) is 23.1 Å². The number of piperidine rings is 1. The van der Waals surface area contributed by atoms with E-state index in [1.807, 2.05) is 4.90 Å². The Labute approximate surface area is 274 Å². The number of aromatic nitrogens is 2. The molecule has 5 rings (SSSR count). The quantitative estimate of drug-likeness (QED) is 0.142. The molecule has 3 aromatic rings. The number of hydrogen-bond acceptors (Lipinski definition) is 8. The maximum absolute atomic E-state index is 13.5. The van der Waals surface area contributed by atoms with Gasteiger partial charge in [0, 0.05) is 37.5 Å². The molecule has 1 aliphatic carbocycles. The zero-order valence-corrected chi connectivity index (χ0v) is 27.3. The van der Waals surface area contributed by atoms with E-state index in [0.29, 0.717) is 41.3 Å². The first-order valence-corrected chi connectivity index (χ1v) is 17.4. The van der Waals surface area contributed by atoms with Crippen molar-refractivity contribution in [2.75, 3.05) is 23.1 Å². The molecule has 2 aromatic carbocycles. The second-order valence-electron chi connectivity index (χ2n) is 12.2. The SMILES string of the molecule is CC(=N)N1CCC(Oc2ccc(N(Cc3nc4cc(C(=N)N)ccc4n3CC(=O)NC3CCCCC3)S(=O)(=O)CC(=O)O)cc2)CC1. The summed E-state index contributed by atoms with van der Waals surface area (Å²) < 4.78 is 35.8. The van der Waals surface area contributed by atoms with Crippen LogP contribution in [-0.4, -0.2) is 82.5 Å². The summed E-state index contributed by atoms with van der Waals surface area (Å²) >= 11 is 0. The van der Waals surface area contributed by atoms with Crippen molar-refractivity contribution in [2.24, 2.45) is 5.73 Å². The van der Waals surface area contributed by atoms with Gasteiger partial charge in [0.2, 0.25) is 15.9 Å². The van der Waals surface area contributed by atoms with E-state index in [-0.39, 0.29) is 48.5 Å². The van der Waals surface area contributed by atoms with E-state index in [2.05, 4.69) is 10.3 Å². The normalized spacial score (nSPS) is 16.1. The molecule has 1 saturated heterocycles. The molecule has 6 N–H and O–H groups in total. The number of benzene rings is 2. The zero-order chi connectivity index (χ0) is 33.7. The summed E-state index contributed by atoms with van der Waals surface area (Å²) in [5.74, 6) is -1.77. The lowest BCUT2D eigenvalue weighted by Crippen LogP contribution is -2.40. The Bertz CT molecular complexity index is 1740. The van der Waals surface area contributed by atoms with Crippen LogP contribution in [-0.2, 0) is 32.7 Å². The number of carbonyl (C=O) groups excluding carboxylic acids is 1. The first-order valence-electron chi connectivity index (χ1n) is 15.8. The predicted octanol–water partition coefficient (Wildman–Crippen LogP) is 3.03. The number of anilines is 1. The highest BCUT2D eigenvalue weighted by Crippen LogP contribution is 2.28. The van der Waals surface area contributed by atoms with E-state index in [1.54, 1.807) is 54.0 Å². The fraction of sp³-hybridized carbons (Fsp3) is 0.469. The third-order valence-electron chi connectivity index (χ3n) is 8.68. The summed E-state index contributed by atoms with van der Waals surface area (Å²) in [6.45, 7) is 2.71. The van der Waals surface area contributed by atoms with Gasteiger partial charge in [-0.15, -0.1) is 0 Å². The van der Waals surface area contributed by atoms with Gasteiger partial charge in [0.1, 0.15) is 30.1 Å². The van der Waals surface area contributed by atoms with Crippen molar-refractivity contribution in [3.63, 3.8) is 0 Å². The molecule has 252 valence electrons. The van der Waals surface area contributed by atoms with Crippen LogP contribution in [0.4, 0.5) is 5.69 Å². The van der Waals surface area contributed by atoms with Gasteiger partial charge < -0.3 is 30.4 Å². The molecule has 0 radical (unpaired) electrons.